The first-order valence-electron chi connectivity index (χ1n) is 9.36. The molecule has 0 aliphatic carbocycles. The Morgan fingerprint density at radius 3 is 2.35 bits per heavy atom. The molecule has 0 atom stereocenters. The number of halogens is 3. The third-order valence-corrected chi connectivity index (χ3v) is 4.54. The highest BCUT2D eigenvalue weighted by atomic mass is 19.4. The van der Waals surface area contributed by atoms with Gasteiger partial charge in [-0.15, -0.1) is 0 Å². The van der Waals surface area contributed by atoms with Crippen LogP contribution in [0, 0.1) is 0 Å². The Balaban J connectivity index is 1.64. The number of carbonyl (C=O) groups is 1. The van der Waals surface area contributed by atoms with Crippen LogP contribution in [-0.2, 0) is 19.3 Å². The Labute approximate surface area is 177 Å². The highest BCUT2D eigenvalue weighted by Crippen LogP contribution is 2.31. The fourth-order valence-corrected chi connectivity index (χ4v) is 2.90. The number of ether oxygens (including phenoxy) is 2. The van der Waals surface area contributed by atoms with Gasteiger partial charge in [0.05, 0.1) is 12.7 Å². The van der Waals surface area contributed by atoms with Crippen LogP contribution in [0.25, 0.3) is 0 Å². The van der Waals surface area contributed by atoms with E-state index in [1.165, 1.54) is 13.2 Å². The van der Waals surface area contributed by atoms with Crippen molar-refractivity contribution in [1.82, 2.24) is 0 Å². The number of rotatable bonds is 8. The van der Waals surface area contributed by atoms with Gasteiger partial charge in [0, 0.05) is 17.8 Å². The van der Waals surface area contributed by atoms with Crippen molar-refractivity contribution in [2.24, 2.45) is 5.73 Å². The normalized spacial score (nSPS) is 11.1. The first-order chi connectivity index (χ1) is 14.8. The first kappa shape index (κ1) is 22.0. The molecule has 3 aromatic carbocycles. The van der Waals surface area contributed by atoms with E-state index in [9.17, 15) is 18.0 Å². The van der Waals surface area contributed by atoms with Crippen molar-refractivity contribution >= 4 is 11.6 Å². The molecule has 3 rings (SSSR count). The van der Waals surface area contributed by atoms with E-state index >= 15 is 0 Å². The number of hydrogen-bond donors (Lipinski definition) is 2. The number of hydrogen-bond acceptors (Lipinski definition) is 4. The van der Waals surface area contributed by atoms with Crippen molar-refractivity contribution in [3.05, 3.63) is 89.0 Å². The molecule has 8 heteroatoms. The number of benzene rings is 3. The predicted molar refractivity (Wildman–Crippen MR) is 111 cm³/mol. The summed E-state index contributed by atoms with van der Waals surface area (Å²) in [7, 11) is 1.49. The number of primary amides is 1. The topological polar surface area (TPSA) is 73.6 Å². The summed E-state index contributed by atoms with van der Waals surface area (Å²) in [6.07, 6.45) is -4.40. The van der Waals surface area contributed by atoms with Gasteiger partial charge in [0.15, 0.2) is 11.5 Å². The summed E-state index contributed by atoms with van der Waals surface area (Å²) >= 11 is 0. The summed E-state index contributed by atoms with van der Waals surface area (Å²) in [4.78, 5) is 11.1. The molecule has 3 aromatic rings. The van der Waals surface area contributed by atoms with Crippen molar-refractivity contribution in [2.75, 3.05) is 12.4 Å². The van der Waals surface area contributed by atoms with Gasteiger partial charge < -0.3 is 20.5 Å². The van der Waals surface area contributed by atoms with Crippen LogP contribution in [0.2, 0.25) is 0 Å². The van der Waals surface area contributed by atoms with Crippen molar-refractivity contribution < 1.29 is 27.4 Å². The van der Waals surface area contributed by atoms with Gasteiger partial charge in [0.1, 0.15) is 6.61 Å². The van der Waals surface area contributed by atoms with E-state index in [0.29, 0.717) is 29.2 Å². The summed E-state index contributed by atoms with van der Waals surface area (Å²) < 4.78 is 49.6. The molecule has 0 saturated carbocycles. The minimum atomic E-state index is -4.40. The molecule has 0 heterocycles. The SMILES string of the molecule is COc1cc(CNc2ccc(C(N)=O)cc2)ccc1OCc1cccc(C(F)(F)F)c1. The van der Waals surface area contributed by atoms with Crippen LogP contribution in [0.3, 0.4) is 0 Å². The molecule has 0 saturated heterocycles. The standard InChI is InChI=1S/C23H21F3N2O3/c1-30-21-12-15(13-28-19-8-6-17(7-9-19)22(27)29)5-10-20(21)31-14-16-3-2-4-18(11-16)23(24,25)26/h2-12,28H,13-14H2,1H3,(H2,27,29). The number of amides is 1. The lowest BCUT2D eigenvalue weighted by Crippen LogP contribution is -2.10. The van der Waals surface area contributed by atoms with Gasteiger partial charge in [-0.3, -0.25) is 4.79 Å². The summed E-state index contributed by atoms with van der Waals surface area (Å²) in [5.74, 6) is 0.404. The summed E-state index contributed by atoms with van der Waals surface area (Å²) in [6.45, 7) is 0.463. The second-order valence-corrected chi connectivity index (χ2v) is 6.77. The zero-order chi connectivity index (χ0) is 22.4. The highest BCUT2D eigenvalue weighted by molar-refractivity contribution is 5.93. The van der Waals surface area contributed by atoms with E-state index in [0.717, 1.165) is 23.4 Å². The maximum Gasteiger partial charge on any atom is 0.416 e. The Bertz CT molecular complexity index is 1050. The van der Waals surface area contributed by atoms with Crippen LogP contribution in [0.15, 0.2) is 66.7 Å². The zero-order valence-electron chi connectivity index (χ0n) is 16.7. The second-order valence-electron chi connectivity index (χ2n) is 6.77. The average molecular weight is 430 g/mol. The van der Waals surface area contributed by atoms with Crippen molar-refractivity contribution in [3.63, 3.8) is 0 Å². The monoisotopic (exact) mass is 430 g/mol. The average Bonchev–Trinajstić information content (AvgIpc) is 2.76. The van der Waals surface area contributed by atoms with Crippen molar-refractivity contribution in [3.8, 4) is 11.5 Å². The largest absolute Gasteiger partial charge is 0.493 e. The second kappa shape index (κ2) is 9.42. The first-order valence-corrected chi connectivity index (χ1v) is 9.36. The molecule has 0 aliphatic heterocycles. The lowest BCUT2D eigenvalue weighted by Gasteiger charge is -2.14. The van der Waals surface area contributed by atoms with Crippen LogP contribution in [0.4, 0.5) is 18.9 Å². The van der Waals surface area contributed by atoms with Crippen LogP contribution >= 0.6 is 0 Å². The van der Waals surface area contributed by atoms with Gasteiger partial charge >= 0.3 is 6.18 Å². The highest BCUT2D eigenvalue weighted by Gasteiger charge is 2.30. The molecule has 0 bridgehead atoms. The maximum absolute atomic E-state index is 12.9. The zero-order valence-corrected chi connectivity index (χ0v) is 16.7. The lowest BCUT2D eigenvalue weighted by atomic mass is 10.1. The molecule has 0 aliphatic rings. The quantitative estimate of drug-likeness (QED) is 0.527. The maximum atomic E-state index is 12.9. The molecule has 3 N–H and O–H groups in total. The Morgan fingerprint density at radius 1 is 0.968 bits per heavy atom. The molecule has 0 spiro atoms. The van der Waals surface area contributed by atoms with Gasteiger partial charge in [-0.1, -0.05) is 18.2 Å². The Morgan fingerprint density at radius 2 is 1.71 bits per heavy atom. The molecule has 0 unspecified atom stereocenters. The molecular weight excluding hydrogens is 409 g/mol. The van der Waals surface area contributed by atoms with Crippen molar-refractivity contribution in [1.29, 1.82) is 0 Å². The molecular formula is C23H21F3N2O3. The summed E-state index contributed by atoms with van der Waals surface area (Å²) in [6, 6.07) is 17.1. The van der Waals surface area contributed by atoms with Crippen LogP contribution < -0.4 is 20.5 Å². The van der Waals surface area contributed by atoms with Gasteiger partial charge in [-0.05, 0) is 59.7 Å². The lowest BCUT2D eigenvalue weighted by molar-refractivity contribution is -0.137. The van der Waals surface area contributed by atoms with Gasteiger partial charge in [-0.2, -0.15) is 13.2 Å². The Hall–Kier alpha value is -3.68. The molecule has 31 heavy (non-hydrogen) atoms. The van der Waals surface area contributed by atoms with Crippen LogP contribution in [0.1, 0.15) is 27.0 Å². The van der Waals surface area contributed by atoms with Gasteiger partial charge in [0.2, 0.25) is 5.91 Å². The molecule has 0 aromatic heterocycles. The number of anilines is 1. The number of nitrogens with one attached hydrogen (secondary N) is 1. The summed E-state index contributed by atoms with van der Waals surface area (Å²) in [5.41, 5.74) is 7.06. The summed E-state index contributed by atoms with van der Waals surface area (Å²) in [5, 5.41) is 3.22. The smallest absolute Gasteiger partial charge is 0.416 e. The van der Waals surface area contributed by atoms with Crippen LogP contribution in [0.5, 0.6) is 11.5 Å². The minimum absolute atomic E-state index is 0.0237. The Kier molecular flexibility index (Phi) is 6.69. The van der Waals surface area contributed by atoms with Crippen molar-refractivity contribution in [2.45, 2.75) is 19.3 Å². The number of nitrogens with two attached hydrogens (primary N) is 1. The molecule has 162 valence electrons. The number of carbonyl (C=O) groups excluding carboxylic acids is 1. The van der Waals surface area contributed by atoms with Crippen LogP contribution in [-0.4, -0.2) is 13.0 Å². The number of alkyl halides is 3. The minimum Gasteiger partial charge on any atom is -0.493 e. The number of methoxy groups -OCH3 is 1. The predicted octanol–water partition coefficient (Wildman–Crippen LogP) is 5.00. The molecule has 0 fully saturated rings. The van der Waals surface area contributed by atoms with Gasteiger partial charge in [-0.25, -0.2) is 0 Å². The third-order valence-electron chi connectivity index (χ3n) is 4.54. The van der Waals surface area contributed by atoms with Gasteiger partial charge in [0.25, 0.3) is 0 Å². The fourth-order valence-electron chi connectivity index (χ4n) is 2.90. The van der Waals surface area contributed by atoms with E-state index < -0.39 is 17.6 Å². The van der Waals surface area contributed by atoms with E-state index in [1.54, 1.807) is 42.5 Å². The van der Waals surface area contributed by atoms with E-state index in [-0.39, 0.29) is 6.61 Å². The third kappa shape index (κ3) is 5.91. The molecule has 0 radical (unpaired) electrons. The molecule has 5 nitrogen and oxygen atoms in total. The molecule has 1 amide bonds. The fraction of sp³-hybridized carbons (Fsp3) is 0.174. The van der Waals surface area contributed by atoms with E-state index in [2.05, 4.69) is 5.32 Å². The van der Waals surface area contributed by atoms with E-state index in [4.69, 9.17) is 15.2 Å². The van der Waals surface area contributed by atoms with E-state index in [1.807, 2.05) is 6.07 Å².